The summed E-state index contributed by atoms with van der Waals surface area (Å²) in [6.45, 7) is 3.34. The molecule has 10 nitrogen and oxygen atoms in total. The van der Waals surface area contributed by atoms with E-state index in [0.29, 0.717) is 6.54 Å². The summed E-state index contributed by atoms with van der Waals surface area (Å²) in [5.41, 5.74) is 2.12. The molecule has 0 spiro atoms. The van der Waals surface area contributed by atoms with E-state index in [0.717, 1.165) is 27.1 Å². The van der Waals surface area contributed by atoms with E-state index in [1.165, 1.54) is 35.2 Å². The smallest absolute Gasteiger partial charge is 0.271 e. The van der Waals surface area contributed by atoms with Crippen molar-refractivity contribution in [1.29, 1.82) is 0 Å². The summed E-state index contributed by atoms with van der Waals surface area (Å²) in [5, 5.41) is 14.4. The van der Waals surface area contributed by atoms with Crippen molar-refractivity contribution in [3.8, 4) is 0 Å². The molecular formula is C33H34N4O6S. The minimum absolute atomic E-state index is 0.0360. The van der Waals surface area contributed by atoms with Gasteiger partial charge in [0.15, 0.2) is 0 Å². The van der Waals surface area contributed by atoms with Gasteiger partial charge in [-0.3, -0.25) is 24.0 Å². The Morgan fingerprint density at radius 2 is 1.52 bits per heavy atom. The van der Waals surface area contributed by atoms with Crippen LogP contribution in [0.1, 0.15) is 23.6 Å². The van der Waals surface area contributed by atoms with Crippen LogP contribution in [0, 0.1) is 17.0 Å². The summed E-state index contributed by atoms with van der Waals surface area (Å²) in [6, 6.07) is 28.4. The number of carbonyl (C=O) groups is 2. The van der Waals surface area contributed by atoms with Crippen molar-refractivity contribution in [2.45, 2.75) is 37.8 Å². The number of carbonyl (C=O) groups excluding carboxylic acids is 2. The number of sulfonamides is 1. The summed E-state index contributed by atoms with van der Waals surface area (Å²) in [5.74, 6) is -1.03. The van der Waals surface area contributed by atoms with E-state index >= 15 is 0 Å². The van der Waals surface area contributed by atoms with Gasteiger partial charge in [-0.1, -0.05) is 78.9 Å². The van der Waals surface area contributed by atoms with Gasteiger partial charge < -0.3 is 10.2 Å². The van der Waals surface area contributed by atoms with Crippen molar-refractivity contribution in [1.82, 2.24) is 10.2 Å². The second kappa shape index (κ2) is 14.4. The van der Waals surface area contributed by atoms with Gasteiger partial charge in [0, 0.05) is 31.6 Å². The van der Waals surface area contributed by atoms with Crippen molar-refractivity contribution in [2.75, 3.05) is 17.4 Å². The number of non-ortho nitro benzene ring substituents is 1. The Kier molecular flexibility index (Phi) is 10.5. The summed E-state index contributed by atoms with van der Waals surface area (Å²) in [4.78, 5) is 40.2. The molecule has 2 amide bonds. The Bertz CT molecular complexity index is 1710. The molecule has 0 saturated carbocycles. The highest BCUT2D eigenvalue weighted by Crippen LogP contribution is 2.28. The van der Waals surface area contributed by atoms with Gasteiger partial charge in [0.2, 0.25) is 11.8 Å². The topological polar surface area (TPSA) is 130 Å². The molecule has 228 valence electrons. The SMILES string of the molecule is CCNC(=O)[C@H](Cc1ccccc1)N(Cc1ccccc1C)C(=O)CN(c1cccc([N+](=O)[O-])c1)S(=O)(=O)c1ccccc1. The molecule has 0 bridgehead atoms. The first-order valence-electron chi connectivity index (χ1n) is 14.1. The lowest BCUT2D eigenvalue weighted by molar-refractivity contribution is -0.384. The second-order valence-corrected chi connectivity index (χ2v) is 12.0. The molecule has 1 atom stereocenters. The highest BCUT2D eigenvalue weighted by atomic mass is 32.2. The molecule has 1 N–H and O–H groups in total. The highest BCUT2D eigenvalue weighted by Gasteiger charge is 2.35. The molecule has 4 aromatic carbocycles. The maximum absolute atomic E-state index is 14.4. The monoisotopic (exact) mass is 614 g/mol. The first-order chi connectivity index (χ1) is 21.1. The van der Waals surface area contributed by atoms with Crippen molar-refractivity contribution in [3.63, 3.8) is 0 Å². The Labute approximate surface area is 257 Å². The van der Waals surface area contributed by atoms with E-state index in [-0.39, 0.29) is 35.1 Å². The predicted molar refractivity (Wildman–Crippen MR) is 168 cm³/mol. The number of nitrogens with zero attached hydrogens (tertiary/aromatic N) is 3. The number of amides is 2. The van der Waals surface area contributed by atoms with E-state index in [9.17, 15) is 28.1 Å². The minimum atomic E-state index is -4.36. The molecule has 4 aromatic rings. The lowest BCUT2D eigenvalue weighted by atomic mass is 10.0. The Balaban J connectivity index is 1.83. The molecule has 0 fully saturated rings. The number of nitrogens with one attached hydrogen (secondary N) is 1. The normalized spacial score (nSPS) is 11.8. The largest absolute Gasteiger partial charge is 0.355 e. The molecule has 0 unspecified atom stereocenters. The number of aryl methyl sites for hydroxylation is 1. The zero-order valence-corrected chi connectivity index (χ0v) is 25.3. The summed E-state index contributed by atoms with van der Waals surface area (Å²) >= 11 is 0. The third kappa shape index (κ3) is 7.67. The van der Waals surface area contributed by atoms with Crippen LogP contribution >= 0.6 is 0 Å². The number of benzene rings is 4. The van der Waals surface area contributed by atoms with E-state index in [2.05, 4.69) is 5.32 Å². The van der Waals surface area contributed by atoms with Crippen molar-refractivity contribution < 1.29 is 22.9 Å². The van der Waals surface area contributed by atoms with Crippen LogP contribution in [0.4, 0.5) is 11.4 Å². The average Bonchev–Trinajstić information content (AvgIpc) is 3.03. The predicted octanol–water partition coefficient (Wildman–Crippen LogP) is 4.87. The van der Waals surface area contributed by atoms with E-state index in [1.54, 1.807) is 25.1 Å². The zero-order chi connectivity index (χ0) is 31.7. The maximum atomic E-state index is 14.4. The molecule has 44 heavy (non-hydrogen) atoms. The minimum Gasteiger partial charge on any atom is -0.355 e. The summed E-state index contributed by atoms with van der Waals surface area (Å²) < 4.78 is 28.8. The van der Waals surface area contributed by atoms with E-state index in [1.807, 2.05) is 61.5 Å². The van der Waals surface area contributed by atoms with E-state index in [4.69, 9.17) is 0 Å². The fourth-order valence-electron chi connectivity index (χ4n) is 4.83. The lowest BCUT2D eigenvalue weighted by Crippen LogP contribution is -2.53. The van der Waals surface area contributed by atoms with Crippen LogP contribution in [-0.2, 0) is 32.6 Å². The van der Waals surface area contributed by atoms with Gasteiger partial charge in [0.25, 0.3) is 15.7 Å². The summed E-state index contributed by atoms with van der Waals surface area (Å²) in [6.07, 6.45) is 0.187. The van der Waals surface area contributed by atoms with Crippen LogP contribution in [-0.4, -0.2) is 49.2 Å². The van der Waals surface area contributed by atoms with Crippen LogP contribution in [0.2, 0.25) is 0 Å². The molecule has 0 radical (unpaired) electrons. The van der Waals surface area contributed by atoms with Crippen LogP contribution in [0.5, 0.6) is 0 Å². The zero-order valence-electron chi connectivity index (χ0n) is 24.5. The molecule has 0 heterocycles. The molecule has 4 rings (SSSR count). The molecule has 0 aliphatic heterocycles. The Morgan fingerprint density at radius 3 is 2.16 bits per heavy atom. The van der Waals surface area contributed by atoms with Gasteiger partial charge in [0.1, 0.15) is 12.6 Å². The number of nitro groups is 1. The van der Waals surface area contributed by atoms with Gasteiger partial charge in [-0.25, -0.2) is 8.42 Å². The molecule has 0 saturated heterocycles. The van der Waals surface area contributed by atoms with Crippen LogP contribution in [0.25, 0.3) is 0 Å². The molecule has 11 heteroatoms. The van der Waals surface area contributed by atoms with Gasteiger partial charge in [0.05, 0.1) is 15.5 Å². The van der Waals surface area contributed by atoms with Crippen LogP contribution in [0.15, 0.2) is 114 Å². The summed E-state index contributed by atoms with van der Waals surface area (Å²) in [7, 11) is -4.36. The molecular weight excluding hydrogens is 580 g/mol. The Morgan fingerprint density at radius 1 is 0.886 bits per heavy atom. The van der Waals surface area contributed by atoms with Crippen LogP contribution in [0.3, 0.4) is 0 Å². The number of hydrogen-bond donors (Lipinski definition) is 1. The third-order valence-corrected chi connectivity index (χ3v) is 8.95. The average molecular weight is 615 g/mol. The highest BCUT2D eigenvalue weighted by molar-refractivity contribution is 7.92. The number of hydrogen-bond acceptors (Lipinski definition) is 6. The fraction of sp³-hybridized carbons (Fsp3) is 0.212. The fourth-order valence-corrected chi connectivity index (χ4v) is 6.25. The lowest BCUT2D eigenvalue weighted by Gasteiger charge is -2.34. The third-order valence-electron chi connectivity index (χ3n) is 7.16. The van der Waals surface area contributed by atoms with E-state index < -0.39 is 33.4 Å². The number of rotatable bonds is 13. The maximum Gasteiger partial charge on any atom is 0.271 e. The first-order valence-corrected chi connectivity index (χ1v) is 15.5. The standard InChI is InChI=1S/C33H34N4O6S/c1-3-34-33(39)31(21-26-14-6-4-7-15-26)35(23-27-16-11-10-13-25(27)2)32(38)24-36(28-17-12-18-29(22-28)37(40)41)44(42,43)30-19-8-5-9-20-30/h4-20,22,31H,3,21,23-24H2,1-2H3,(H,34,39)/t31-/m0/s1. The van der Waals surface area contributed by atoms with Crippen LogP contribution < -0.4 is 9.62 Å². The Hall–Kier alpha value is -5.03. The van der Waals surface area contributed by atoms with Gasteiger partial charge >= 0.3 is 0 Å². The van der Waals surface area contributed by atoms with Gasteiger partial charge in [-0.2, -0.15) is 0 Å². The van der Waals surface area contributed by atoms with Gasteiger partial charge in [-0.15, -0.1) is 0 Å². The first kappa shape index (κ1) is 31.9. The molecule has 0 aliphatic carbocycles. The van der Waals surface area contributed by atoms with Crippen molar-refractivity contribution in [3.05, 3.63) is 136 Å². The number of likely N-dealkylation sites (N-methyl/N-ethyl adjacent to an activating group) is 1. The molecule has 0 aliphatic rings. The quantitative estimate of drug-likeness (QED) is 0.169. The molecule has 0 aromatic heterocycles. The number of anilines is 1. The van der Waals surface area contributed by atoms with Crippen molar-refractivity contribution in [2.24, 2.45) is 0 Å². The second-order valence-electron chi connectivity index (χ2n) is 10.1. The van der Waals surface area contributed by atoms with Crippen molar-refractivity contribution >= 4 is 33.2 Å². The van der Waals surface area contributed by atoms with Gasteiger partial charge in [-0.05, 0) is 48.7 Å². The number of nitro benzene ring substituents is 1.